The van der Waals surface area contributed by atoms with E-state index in [1.54, 1.807) is 0 Å². The predicted octanol–water partition coefficient (Wildman–Crippen LogP) is 13.3. The molecular formula is C53H32N2. The van der Waals surface area contributed by atoms with E-state index in [4.69, 9.17) is 4.98 Å². The molecule has 2 nitrogen and oxygen atoms in total. The van der Waals surface area contributed by atoms with Gasteiger partial charge in [0.1, 0.15) is 0 Å². The van der Waals surface area contributed by atoms with Crippen LogP contribution in [0.25, 0.3) is 88.3 Å². The van der Waals surface area contributed by atoms with Crippen LogP contribution in [0.5, 0.6) is 0 Å². The van der Waals surface area contributed by atoms with Crippen LogP contribution in [0.2, 0.25) is 0 Å². The van der Waals surface area contributed by atoms with E-state index >= 15 is 0 Å². The van der Waals surface area contributed by atoms with Crippen LogP contribution in [0.4, 0.5) is 0 Å². The minimum atomic E-state index is -0.535. The van der Waals surface area contributed by atoms with Crippen molar-refractivity contribution in [3.05, 3.63) is 217 Å². The molecule has 55 heavy (non-hydrogen) atoms. The molecule has 0 radical (unpaired) electrons. The fourth-order valence-electron chi connectivity index (χ4n) is 10.1. The van der Waals surface area contributed by atoms with E-state index < -0.39 is 5.41 Å². The van der Waals surface area contributed by atoms with Gasteiger partial charge in [-0.2, -0.15) is 0 Å². The quantitative estimate of drug-likeness (QED) is 0.172. The van der Waals surface area contributed by atoms with Gasteiger partial charge in [0.05, 0.1) is 22.5 Å². The topological polar surface area (TPSA) is 25.8 Å². The van der Waals surface area contributed by atoms with Crippen LogP contribution in [0.1, 0.15) is 22.3 Å². The Morgan fingerprint density at radius 2 is 0.818 bits per heavy atom. The fourth-order valence-corrected chi connectivity index (χ4v) is 10.1. The number of nitrogens with zero attached hydrogens (tertiary/aromatic N) is 2. The molecule has 2 aliphatic carbocycles. The van der Waals surface area contributed by atoms with Crippen LogP contribution in [0.3, 0.4) is 0 Å². The zero-order valence-electron chi connectivity index (χ0n) is 29.9. The lowest BCUT2D eigenvalue weighted by molar-refractivity contribution is 0.803. The van der Waals surface area contributed by atoms with Crippen LogP contribution in [0.15, 0.2) is 194 Å². The van der Waals surface area contributed by atoms with E-state index in [-0.39, 0.29) is 0 Å². The van der Waals surface area contributed by atoms with E-state index in [9.17, 15) is 0 Å². The molecule has 0 N–H and O–H groups in total. The number of fused-ring (bicyclic) bond motifs is 17. The maximum atomic E-state index is 5.22. The van der Waals surface area contributed by atoms with E-state index in [2.05, 4.69) is 169 Å². The van der Waals surface area contributed by atoms with Gasteiger partial charge in [0, 0.05) is 11.8 Å². The molecule has 1 spiro atoms. The minimum Gasteiger partial charge on any atom is -0.255 e. The van der Waals surface area contributed by atoms with Crippen LogP contribution in [-0.4, -0.2) is 9.97 Å². The molecule has 0 bridgehead atoms. The SMILES string of the molecule is c1ccc(-c2cccc(-c3ccccc3-c3cc4c(c5ccccc35)-c3c(c5ccccc5c5ccccc35)C43c4ccccc4-c4ccccc43)n2)nc1. The molecule has 12 rings (SSSR count). The molecule has 0 saturated heterocycles. The summed E-state index contributed by atoms with van der Waals surface area (Å²) in [5.41, 5.74) is 16.3. The maximum absolute atomic E-state index is 5.22. The third-order valence-corrected chi connectivity index (χ3v) is 12.1. The molecule has 2 aromatic heterocycles. The summed E-state index contributed by atoms with van der Waals surface area (Å²) in [6.07, 6.45) is 1.83. The Morgan fingerprint density at radius 3 is 1.51 bits per heavy atom. The van der Waals surface area contributed by atoms with Crippen molar-refractivity contribution in [2.24, 2.45) is 0 Å². The van der Waals surface area contributed by atoms with E-state index in [1.807, 2.05) is 30.5 Å². The molecule has 2 heterocycles. The van der Waals surface area contributed by atoms with Gasteiger partial charge in [0.15, 0.2) is 0 Å². The van der Waals surface area contributed by atoms with Crippen molar-refractivity contribution < 1.29 is 0 Å². The normalized spacial score (nSPS) is 13.2. The molecule has 0 amide bonds. The third kappa shape index (κ3) is 4.03. The molecule has 0 unspecified atom stereocenters. The summed E-state index contributed by atoms with van der Waals surface area (Å²) in [6.45, 7) is 0. The van der Waals surface area contributed by atoms with Crippen molar-refractivity contribution in [2.45, 2.75) is 5.41 Å². The van der Waals surface area contributed by atoms with E-state index in [0.29, 0.717) is 0 Å². The number of rotatable bonds is 3. The highest BCUT2D eigenvalue weighted by atomic mass is 14.8. The van der Waals surface area contributed by atoms with Gasteiger partial charge in [-0.25, -0.2) is 4.98 Å². The van der Waals surface area contributed by atoms with Gasteiger partial charge >= 0.3 is 0 Å². The Balaban J connectivity index is 1.25. The number of pyridine rings is 2. The largest absolute Gasteiger partial charge is 0.255 e. The number of aromatic nitrogens is 2. The van der Waals surface area contributed by atoms with Crippen LogP contribution >= 0.6 is 0 Å². The third-order valence-electron chi connectivity index (χ3n) is 12.1. The van der Waals surface area contributed by atoms with Crippen molar-refractivity contribution in [3.63, 3.8) is 0 Å². The minimum absolute atomic E-state index is 0.535. The second kappa shape index (κ2) is 11.4. The number of hydrogen-bond donors (Lipinski definition) is 0. The van der Waals surface area contributed by atoms with Crippen LogP contribution in [0, 0.1) is 0 Å². The molecule has 2 heteroatoms. The van der Waals surface area contributed by atoms with Gasteiger partial charge in [-0.1, -0.05) is 158 Å². The Morgan fingerprint density at radius 1 is 0.309 bits per heavy atom. The highest BCUT2D eigenvalue weighted by Gasteiger charge is 2.53. The first-order chi connectivity index (χ1) is 27.3. The smallest absolute Gasteiger partial charge is 0.0893 e. The van der Waals surface area contributed by atoms with Gasteiger partial charge < -0.3 is 0 Å². The summed E-state index contributed by atoms with van der Waals surface area (Å²) in [7, 11) is 0. The van der Waals surface area contributed by atoms with Crippen LogP contribution in [-0.2, 0) is 5.41 Å². The van der Waals surface area contributed by atoms with E-state index in [0.717, 1.165) is 28.2 Å². The van der Waals surface area contributed by atoms with Gasteiger partial charge in [-0.15, -0.1) is 0 Å². The lowest BCUT2D eigenvalue weighted by Crippen LogP contribution is -2.26. The Labute approximate surface area is 319 Å². The summed E-state index contributed by atoms with van der Waals surface area (Å²) >= 11 is 0. The second-order valence-electron chi connectivity index (χ2n) is 14.7. The maximum Gasteiger partial charge on any atom is 0.0893 e. The summed E-state index contributed by atoms with van der Waals surface area (Å²) in [5.74, 6) is 0. The Bertz CT molecular complexity index is 3170. The molecule has 0 atom stereocenters. The number of hydrogen-bond acceptors (Lipinski definition) is 2. The molecule has 0 fully saturated rings. The molecule has 10 aromatic rings. The molecule has 2 aliphatic rings. The van der Waals surface area contributed by atoms with Crippen molar-refractivity contribution in [3.8, 4) is 56.0 Å². The fraction of sp³-hybridized carbons (Fsp3) is 0.0189. The monoisotopic (exact) mass is 696 g/mol. The number of benzene rings is 8. The molecule has 0 aliphatic heterocycles. The molecular weight excluding hydrogens is 665 g/mol. The highest BCUT2D eigenvalue weighted by molar-refractivity contribution is 6.24. The summed E-state index contributed by atoms with van der Waals surface area (Å²) in [5, 5.41) is 7.68. The first-order valence-corrected chi connectivity index (χ1v) is 19.0. The van der Waals surface area contributed by atoms with Crippen LogP contribution < -0.4 is 0 Å². The molecule has 8 aromatic carbocycles. The lowest BCUT2D eigenvalue weighted by atomic mass is 9.68. The van der Waals surface area contributed by atoms with Crippen molar-refractivity contribution in [2.75, 3.05) is 0 Å². The lowest BCUT2D eigenvalue weighted by Gasteiger charge is -2.32. The molecule has 0 saturated carbocycles. The summed E-state index contributed by atoms with van der Waals surface area (Å²) in [6, 6.07) is 69.0. The van der Waals surface area contributed by atoms with Gasteiger partial charge in [-0.05, 0) is 118 Å². The van der Waals surface area contributed by atoms with Gasteiger partial charge in [0.25, 0.3) is 0 Å². The highest BCUT2D eigenvalue weighted by Crippen LogP contribution is 2.67. The Hall–Kier alpha value is -7.16. The average molecular weight is 697 g/mol. The Kier molecular flexibility index (Phi) is 6.29. The zero-order chi connectivity index (χ0) is 36.1. The van der Waals surface area contributed by atoms with E-state index in [1.165, 1.54) is 82.4 Å². The van der Waals surface area contributed by atoms with Gasteiger partial charge in [0.2, 0.25) is 0 Å². The second-order valence-corrected chi connectivity index (χ2v) is 14.7. The standard InChI is InChI=1S/C53H32N2/c1-5-22-39(47-29-15-30-49(55-47)48-28-13-14-31-54-48)35(18-1)43-32-46-50(40-23-6-3-19-36(40)43)51-41-24-7-2-16-33(41)34-17-4-8-25-42(34)52(51)53(46)44-26-11-9-20-37(44)38-21-10-12-27-45(38)53/h1-32H. The van der Waals surface area contributed by atoms with Gasteiger partial charge in [-0.3, -0.25) is 4.98 Å². The average Bonchev–Trinajstić information content (AvgIpc) is 3.75. The zero-order valence-corrected chi connectivity index (χ0v) is 29.9. The van der Waals surface area contributed by atoms with Crippen molar-refractivity contribution in [1.29, 1.82) is 0 Å². The first-order valence-electron chi connectivity index (χ1n) is 19.0. The molecule has 254 valence electrons. The first kappa shape index (κ1) is 30.3. The van der Waals surface area contributed by atoms with Crippen molar-refractivity contribution in [1.82, 2.24) is 9.97 Å². The van der Waals surface area contributed by atoms with Crippen molar-refractivity contribution >= 4 is 32.3 Å². The predicted molar refractivity (Wildman–Crippen MR) is 227 cm³/mol. The summed E-state index contributed by atoms with van der Waals surface area (Å²) in [4.78, 5) is 9.84. The summed E-state index contributed by atoms with van der Waals surface area (Å²) < 4.78 is 0.